The van der Waals surface area contributed by atoms with Crippen LogP contribution < -0.4 is 5.32 Å². The van der Waals surface area contributed by atoms with Crippen molar-refractivity contribution in [1.29, 1.82) is 0 Å². The zero-order chi connectivity index (χ0) is 8.43. The second-order valence-electron chi connectivity index (χ2n) is 2.35. The van der Waals surface area contributed by atoms with E-state index >= 15 is 0 Å². The van der Waals surface area contributed by atoms with Gasteiger partial charge in [-0.2, -0.15) is 5.11 Å². The molecule has 60 valence electrons. The van der Waals surface area contributed by atoms with Gasteiger partial charge in [-0.3, -0.25) is 15.0 Å². The van der Waals surface area contributed by atoms with Gasteiger partial charge in [-0.15, -0.1) is 0 Å². The van der Waals surface area contributed by atoms with E-state index in [0.29, 0.717) is 0 Å². The predicted molar refractivity (Wildman–Crippen MR) is 35.9 cm³/mol. The van der Waals surface area contributed by atoms with Gasteiger partial charge in [0.2, 0.25) is 6.17 Å². The van der Waals surface area contributed by atoms with Crippen LogP contribution in [-0.4, -0.2) is 37.1 Å². The maximum absolute atomic E-state index is 10.9. The van der Waals surface area contributed by atoms with Crippen molar-refractivity contribution < 1.29 is 9.59 Å². The van der Waals surface area contributed by atoms with E-state index < -0.39 is 18.1 Å². The van der Waals surface area contributed by atoms with Gasteiger partial charge in [-0.05, 0) is 14.1 Å². The summed E-state index contributed by atoms with van der Waals surface area (Å²) >= 11 is 0. The number of carbonyl (C=O) groups excluding carboxylic acids is 2. The van der Waals surface area contributed by atoms with Gasteiger partial charge in [-0.1, -0.05) is 5.11 Å². The standard InChI is InChI=1S/C5H8N4O2/c1-9(2)3-4(10)6-5(11)8-7-3/h3H,1-2H3,(H,6,10,11). The van der Waals surface area contributed by atoms with Gasteiger partial charge in [-0.25, -0.2) is 4.79 Å². The number of amides is 3. The molecule has 0 saturated heterocycles. The van der Waals surface area contributed by atoms with Gasteiger partial charge in [0, 0.05) is 0 Å². The van der Waals surface area contributed by atoms with Crippen LogP contribution in [0.15, 0.2) is 10.2 Å². The van der Waals surface area contributed by atoms with Gasteiger partial charge in [0.15, 0.2) is 0 Å². The molecule has 0 spiro atoms. The zero-order valence-corrected chi connectivity index (χ0v) is 6.24. The third-order valence-corrected chi connectivity index (χ3v) is 1.21. The number of nitrogens with one attached hydrogen (secondary N) is 1. The molecule has 1 atom stereocenters. The Bertz CT molecular complexity index is 223. The smallest absolute Gasteiger partial charge is 0.279 e. The summed E-state index contributed by atoms with van der Waals surface area (Å²) in [5.41, 5.74) is 0. The molecule has 1 unspecified atom stereocenters. The third kappa shape index (κ3) is 1.58. The molecule has 1 aliphatic rings. The largest absolute Gasteiger partial charge is 0.366 e. The van der Waals surface area contributed by atoms with E-state index in [1.807, 2.05) is 5.32 Å². The van der Waals surface area contributed by atoms with Crippen LogP contribution in [0.1, 0.15) is 0 Å². The lowest BCUT2D eigenvalue weighted by atomic mass is 10.4. The number of nitrogens with zero attached hydrogens (tertiary/aromatic N) is 3. The van der Waals surface area contributed by atoms with E-state index in [2.05, 4.69) is 10.2 Å². The van der Waals surface area contributed by atoms with Crippen LogP contribution in [0.3, 0.4) is 0 Å². The van der Waals surface area contributed by atoms with Crippen LogP contribution in [0.4, 0.5) is 4.79 Å². The molecule has 1 N–H and O–H groups in total. The molecule has 1 heterocycles. The number of urea groups is 1. The molecule has 0 aromatic heterocycles. The van der Waals surface area contributed by atoms with Crippen molar-refractivity contribution in [3.05, 3.63) is 0 Å². The van der Waals surface area contributed by atoms with Gasteiger partial charge in [0.05, 0.1) is 0 Å². The van der Waals surface area contributed by atoms with Crippen molar-refractivity contribution in [2.75, 3.05) is 14.1 Å². The maximum Gasteiger partial charge on any atom is 0.366 e. The molecule has 6 heteroatoms. The summed E-state index contributed by atoms with van der Waals surface area (Å²) < 4.78 is 0. The van der Waals surface area contributed by atoms with Crippen LogP contribution in [0.2, 0.25) is 0 Å². The average Bonchev–Trinajstić information content (AvgIpc) is 1.85. The number of rotatable bonds is 1. The van der Waals surface area contributed by atoms with Crippen molar-refractivity contribution >= 4 is 11.9 Å². The highest BCUT2D eigenvalue weighted by molar-refractivity contribution is 5.98. The average molecular weight is 156 g/mol. The predicted octanol–water partition coefficient (Wildman–Crippen LogP) is -0.424. The minimum absolute atomic E-state index is 0.435. The van der Waals surface area contributed by atoms with Crippen LogP contribution in [0.5, 0.6) is 0 Å². The summed E-state index contributed by atoms with van der Waals surface area (Å²) in [4.78, 5) is 22.9. The Balaban J connectivity index is 2.76. The molecule has 6 nitrogen and oxygen atoms in total. The number of azo groups is 1. The van der Waals surface area contributed by atoms with Crippen LogP contribution in [0, 0.1) is 0 Å². The molecule has 3 amide bonds. The molecule has 1 rings (SSSR count). The molecular weight excluding hydrogens is 148 g/mol. The molecule has 0 aromatic carbocycles. The molecule has 11 heavy (non-hydrogen) atoms. The van der Waals surface area contributed by atoms with Crippen LogP contribution in [-0.2, 0) is 4.79 Å². The van der Waals surface area contributed by atoms with E-state index in [9.17, 15) is 9.59 Å². The monoisotopic (exact) mass is 156 g/mol. The molecule has 0 aromatic rings. The summed E-state index contributed by atoms with van der Waals surface area (Å²) in [7, 11) is 3.36. The highest BCUT2D eigenvalue weighted by Gasteiger charge is 2.25. The number of hydrogen-bond donors (Lipinski definition) is 1. The first-order valence-electron chi connectivity index (χ1n) is 3.03. The lowest BCUT2D eigenvalue weighted by Crippen LogP contribution is -2.46. The van der Waals surface area contributed by atoms with Gasteiger partial charge in [0.1, 0.15) is 0 Å². The number of hydrogen-bond acceptors (Lipinski definition) is 4. The SMILES string of the molecule is CN(C)C1N=NC(=O)NC1=O. The minimum atomic E-state index is -0.701. The van der Waals surface area contributed by atoms with Crippen LogP contribution in [0.25, 0.3) is 0 Å². The Morgan fingerprint density at radius 1 is 1.45 bits per heavy atom. The highest BCUT2D eigenvalue weighted by Crippen LogP contribution is 2.01. The summed E-state index contributed by atoms with van der Waals surface area (Å²) in [6, 6.07) is -0.701. The number of likely N-dealkylation sites (N-methyl/N-ethyl adjacent to an activating group) is 1. The van der Waals surface area contributed by atoms with E-state index in [1.54, 1.807) is 19.0 Å². The second kappa shape index (κ2) is 2.75. The topological polar surface area (TPSA) is 74.1 Å². The minimum Gasteiger partial charge on any atom is -0.279 e. The van der Waals surface area contributed by atoms with Gasteiger partial charge in [0.25, 0.3) is 5.91 Å². The fourth-order valence-electron chi connectivity index (χ4n) is 0.692. The molecule has 0 fully saturated rings. The van der Waals surface area contributed by atoms with Crippen molar-refractivity contribution in [2.45, 2.75) is 6.17 Å². The highest BCUT2D eigenvalue weighted by atomic mass is 16.2. The van der Waals surface area contributed by atoms with E-state index in [0.717, 1.165) is 0 Å². The summed E-state index contributed by atoms with van der Waals surface area (Å²) in [6.07, 6.45) is -0.673. The maximum atomic E-state index is 10.9. The van der Waals surface area contributed by atoms with Gasteiger partial charge >= 0.3 is 6.03 Å². The number of carbonyl (C=O) groups is 2. The Morgan fingerprint density at radius 3 is 2.55 bits per heavy atom. The quantitative estimate of drug-likeness (QED) is 0.560. The lowest BCUT2D eigenvalue weighted by molar-refractivity contribution is -0.124. The van der Waals surface area contributed by atoms with Crippen LogP contribution >= 0.6 is 0 Å². The summed E-state index contributed by atoms with van der Waals surface area (Å²) in [5, 5.41) is 8.71. The van der Waals surface area contributed by atoms with E-state index in [1.165, 1.54) is 0 Å². The first-order valence-corrected chi connectivity index (χ1v) is 3.03. The Morgan fingerprint density at radius 2 is 2.09 bits per heavy atom. The molecule has 1 aliphatic heterocycles. The Labute approximate surface area is 63.3 Å². The van der Waals surface area contributed by atoms with Crippen molar-refractivity contribution in [2.24, 2.45) is 10.2 Å². The third-order valence-electron chi connectivity index (χ3n) is 1.21. The molecule has 0 saturated carbocycles. The van der Waals surface area contributed by atoms with Crippen molar-refractivity contribution in [1.82, 2.24) is 10.2 Å². The fourth-order valence-corrected chi connectivity index (χ4v) is 0.692. The number of imide groups is 1. The normalized spacial score (nSPS) is 24.1. The second-order valence-corrected chi connectivity index (χ2v) is 2.35. The first kappa shape index (κ1) is 7.80. The zero-order valence-electron chi connectivity index (χ0n) is 6.24. The summed E-state index contributed by atoms with van der Waals surface area (Å²) in [5.74, 6) is -0.435. The molecule has 0 aliphatic carbocycles. The molecule has 0 radical (unpaired) electrons. The van der Waals surface area contributed by atoms with Crippen molar-refractivity contribution in [3.63, 3.8) is 0 Å². The molecule has 0 bridgehead atoms. The van der Waals surface area contributed by atoms with Crippen molar-refractivity contribution in [3.8, 4) is 0 Å². The van der Waals surface area contributed by atoms with E-state index in [-0.39, 0.29) is 0 Å². The van der Waals surface area contributed by atoms with Gasteiger partial charge < -0.3 is 0 Å². The lowest BCUT2D eigenvalue weighted by Gasteiger charge is -2.19. The van der Waals surface area contributed by atoms with E-state index in [4.69, 9.17) is 0 Å². The first-order chi connectivity index (χ1) is 5.11. The summed E-state index contributed by atoms with van der Waals surface area (Å²) in [6.45, 7) is 0. The Hall–Kier alpha value is -1.30. The Kier molecular flexibility index (Phi) is 1.95. The molecular formula is C5H8N4O2. The fraction of sp³-hybridized carbons (Fsp3) is 0.600.